The molecule has 1 heterocycles. The third-order valence-corrected chi connectivity index (χ3v) is 5.82. The molecule has 3 rings (SSSR count). The van der Waals surface area contributed by atoms with Crippen LogP contribution in [0.25, 0.3) is 0 Å². The van der Waals surface area contributed by atoms with E-state index in [1.807, 2.05) is 50.2 Å². The second-order valence-corrected chi connectivity index (χ2v) is 7.87. The summed E-state index contributed by atoms with van der Waals surface area (Å²) in [5, 5.41) is 2.94. The Balaban J connectivity index is 1.97. The largest absolute Gasteiger partial charge is 0.490 e. The number of rotatable bonds is 7. The summed E-state index contributed by atoms with van der Waals surface area (Å²) in [7, 11) is 1.35. The van der Waals surface area contributed by atoms with Crippen LogP contribution in [0.5, 0.6) is 11.5 Å². The lowest BCUT2D eigenvalue weighted by Gasteiger charge is -2.37. The highest BCUT2D eigenvalue weighted by Crippen LogP contribution is 2.40. The highest BCUT2D eigenvalue weighted by atomic mass is 79.9. The molecule has 0 fully saturated rings. The molecular weight excluding hydrogens is 464 g/mol. The minimum atomic E-state index is -0.478. The molecule has 166 valence electrons. The van der Waals surface area contributed by atoms with Gasteiger partial charge in [0.15, 0.2) is 11.5 Å². The number of para-hydroxylation sites is 1. The molecule has 1 N–H and O–H groups in total. The predicted octanol–water partition coefficient (Wildman–Crippen LogP) is 4.94. The molecule has 0 bridgehead atoms. The fourth-order valence-electron chi connectivity index (χ4n) is 3.70. The van der Waals surface area contributed by atoms with E-state index in [4.69, 9.17) is 14.2 Å². The van der Waals surface area contributed by atoms with Gasteiger partial charge in [-0.15, -0.1) is 0 Å². The molecule has 2 aromatic carbocycles. The van der Waals surface area contributed by atoms with Crippen LogP contribution in [0, 0.1) is 0 Å². The number of urea groups is 1. The summed E-state index contributed by atoms with van der Waals surface area (Å²) in [6.07, 6.45) is 0.690. The number of anilines is 1. The maximum atomic E-state index is 13.2. The molecule has 2 amide bonds. The van der Waals surface area contributed by atoms with Gasteiger partial charge in [-0.05, 0) is 71.6 Å². The number of nitrogens with zero attached hydrogens (tertiary/aromatic N) is 1. The van der Waals surface area contributed by atoms with Crippen LogP contribution in [0.4, 0.5) is 10.5 Å². The van der Waals surface area contributed by atoms with E-state index in [1.54, 1.807) is 4.90 Å². The standard InChI is InChI=1S/C23H27BrN2O5/c1-4-30-20-12-15-10-11-26(23(28)25-18-9-7-6-8-17(18)24)19(14-22(27)29-3)16(15)13-21(20)31-5-2/h6-9,12-13,19H,4-5,10-11,14H2,1-3H3,(H,25,28)/t19-/m1/s1. The number of hydrogen-bond donors (Lipinski definition) is 1. The van der Waals surface area contributed by atoms with E-state index in [9.17, 15) is 9.59 Å². The molecule has 0 unspecified atom stereocenters. The summed E-state index contributed by atoms with van der Waals surface area (Å²) in [4.78, 5) is 27.1. The van der Waals surface area contributed by atoms with E-state index in [0.717, 1.165) is 15.6 Å². The number of ether oxygens (including phenoxy) is 3. The molecule has 0 saturated heterocycles. The number of halogens is 1. The smallest absolute Gasteiger partial charge is 0.322 e. The van der Waals surface area contributed by atoms with Crippen molar-refractivity contribution in [3.05, 3.63) is 52.0 Å². The number of carbonyl (C=O) groups is 2. The van der Waals surface area contributed by atoms with Crippen molar-refractivity contribution in [2.45, 2.75) is 32.7 Å². The van der Waals surface area contributed by atoms with E-state index in [1.165, 1.54) is 7.11 Å². The zero-order valence-electron chi connectivity index (χ0n) is 17.9. The zero-order chi connectivity index (χ0) is 22.4. The molecular formula is C23H27BrN2O5. The van der Waals surface area contributed by atoms with Crippen LogP contribution >= 0.6 is 15.9 Å². The fraction of sp³-hybridized carbons (Fsp3) is 0.391. The number of benzene rings is 2. The number of hydrogen-bond acceptors (Lipinski definition) is 5. The number of methoxy groups -OCH3 is 1. The predicted molar refractivity (Wildman–Crippen MR) is 122 cm³/mol. The Morgan fingerprint density at radius 3 is 2.45 bits per heavy atom. The first-order valence-electron chi connectivity index (χ1n) is 10.3. The highest BCUT2D eigenvalue weighted by molar-refractivity contribution is 9.10. The van der Waals surface area contributed by atoms with Crippen LogP contribution in [0.2, 0.25) is 0 Å². The van der Waals surface area contributed by atoms with Gasteiger partial charge in [-0.2, -0.15) is 0 Å². The lowest BCUT2D eigenvalue weighted by molar-refractivity contribution is -0.141. The van der Waals surface area contributed by atoms with Crippen LogP contribution < -0.4 is 14.8 Å². The van der Waals surface area contributed by atoms with Gasteiger partial charge in [0.1, 0.15) is 0 Å². The lowest BCUT2D eigenvalue weighted by atomic mass is 9.90. The average Bonchev–Trinajstić information content (AvgIpc) is 2.76. The Morgan fingerprint density at radius 2 is 1.81 bits per heavy atom. The first-order valence-corrected chi connectivity index (χ1v) is 11.1. The monoisotopic (exact) mass is 490 g/mol. The van der Waals surface area contributed by atoms with E-state index < -0.39 is 6.04 Å². The van der Waals surface area contributed by atoms with Crippen LogP contribution in [0.3, 0.4) is 0 Å². The van der Waals surface area contributed by atoms with Gasteiger partial charge in [-0.25, -0.2) is 4.79 Å². The molecule has 7 nitrogen and oxygen atoms in total. The molecule has 31 heavy (non-hydrogen) atoms. The second kappa shape index (κ2) is 10.5. The molecule has 1 atom stereocenters. The first-order chi connectivity index (χ1) is 15.0. The first kappa shape index (κ1) is 22.9. The maximum absolute atomic E-state index is 13.2. The minimum Gasteiger partial charge on any atom is -0.490 e. The molecule has 2 aromatic rings. The van der Waals surface area contributed by atoms with Crippen molar-refractivity contribution in [3.63, 3.8) is 0 Å². The Morgan fingerprint density at radius 1 is 1.13 bits per heavy atom. The second-order valence-electron chi connectivity index (χ2n) is 7.01. The van der Waals surface area contributed by atoms with Crippen molar-refractivity contribution in [1.29, 1.82) is 0 Å². The number of carbonyl (C=O) groups excluding carboxylic acids is 2. The Labute approximate surface area is 190 Å². The van der Waals surface area contributed by atoms with Gasteiger partial charge >= 0.3 is 12.0 Å². The molecule has 1 aliphatic heterocycles. The summed E-state index contributed by atoms with van der Waals surface area (Å²) in [5.41, 5.74) is 2.56. The van der Waals surface area contributed by atoms with Crippen molar-refractivity contribution < 1.29 is 23.8 Å². The number of nitrogens with one attached hydrogen (secondary N) is 1. The quantitative estimate of drug-likeness (QED) is 0.556. The normalized spacial score (nSPS) is 15.1. The van der Waals surface area contributed by atoms with Crippen molar-refractivity contribution in [2.24, 2.45) is 0 Å². The van der Waals surface area contributed by atoms with Crippen molar-refractivity contribution >= 4 is 33.6 Å². The SMILES string of the molecule is CCOc1cc2c(cc1OCC)[C@@H](CC(=O)OC)N(C(=O)Nc1ccccc1Br)CC2. The Bertz CT molecular complexity index is 950. The Hall–Kier alpha value is -2.74. The summed E-state index contributed by atoms with van der Waals surface area (Å²) in [5.74, 6) is 0.889. The van der Waals surface area contributed by atoms with Crippen LogP contribution in [0.15, 0.2) is 40.9 Å². The summed E-state index contributed by atoms with van der Waals surface area (Å²) in [6, 6.07) is 10.5. The summed E-state index contributed by atoms with van der Waals surface area (Å²) >= 11 is 3.45. The lowest BCUT2D eigenvalue weighted by Crippen LogP contribution is -2.43. The molecule has 0 spiro atoms. The molecule has 8 heteroatoms. The van der Waals surface area contributed by atoms with Gasteiger partial charge in [0.2, 0.25) is 0 Å². The van der Waals surface area contributed by atoms with Gasteiger partial charge in [0, 0.05) is 11.0 Å². The van der Waals surface area contributed by atoms with Crippen LogP contribution in [-0.2, 0) is 16.0 Å². The van der Waals surface area contributed by atoms with Gasteiger partial charge < -0.3 is 24.4 Å². The van der Waals surface area contributed by atoms with Crippen molar-refractivity contribution in [3.8, 4) is 11.5 Å². The zero-order valence-corrected chi connectivity index (χ0v) is 19.5. The molecule has 0 aliphatic carbocycles. The van der Waals surface area contributed by atoms with Gasteiger partial charge in [0.25, 0.3) is 0 Å². The summed E-state index contributed by atoms with van der Waals surface area (Å²) in [6.45, 7) is 5.28. The average molecular weight is 491 g/mol. The number of fused-ring (bicyclic) bond motifs is 1. The fourth-order valence-corrected chi connectivity index (χ4v) is 4.08. The Kier molecular flexibility index (Phi) is 7.79. The highest BCUT2D eigenvalue weighted by Gasteiger charge is 2.34. The minimum absolute atomic E-state index is 0.0480. The van der Waals surface area contributed by atoms with E-state index in [-0.39, 0.29) is 18.4 Å². The van der Waals surface area contributed by atoms with Gasteiger partial charge in [-0.3, -0.25) is 4.79 Å². The third kappa shape index (κ3) is 5.31. The van der Waals surface area contributed by atoms with Crippen molar-refractivity contribution in [2.75, 3.05) is 32.2 Å². The van der Waals surface area contributed by atoms with Crippen LogP contribution in [-0.4, -0.2) is 43.8 Å². The topological polar surface area (TPSA) is 77.1 Å². The van der Waals surface area contributed by atoms with Crippen LogP contribution in [0.1, 0.15) is 37.4 Å². The third-order valence-electron chi connectivity index (χ3n) is 5.13. The molecule has 0 saturated carbocycles. The molecule has 0 aromatic heterocycles. The molecule has 1 aliphatic rings. The van der Waals surface area contributed by atoms with E-state index >= 15 is 0 Å². The van der Waals surface area contributed by atoms with Gasteiger partial charge in [-0.1, -0.05) is 12.1 Å². The molecule has 0 radical (unpaired) electrons. The van der Waals surface area contributed by atoms with E-state index in [0.29, 0.717) is 43.4 Å². The van der Waals surface area contributed by atoms with Gasteiger partial charge in [0.05, 0.1) is 38.5 Å². The van der Waals surface area contributed by atoms with E-state index in [2.05, 4.69) is 21.2 Å². The number of amides is 2. The number of esters is 1. The maximum Gasteiger partial charge on any atom is 0.322 e. The summed E-state index contributed by atoms with van der Waals surface area (Å²) < 4.78 is 17.2. The van der Waals surface area contributed by atoms with Crippen molar-refractivity contribution in [1.82, 2.24) is 4.90 Å².